The van der Waals surface area contributed by atoms with Gasteiger partial charge in [0, 0.05) is 6.08 Å². The fourth-order valence-corrected chi connectivity index (χ4v) is 0.150. The van der Waals surface area contributed by atoms with E-state index in [1.54, 1.807) is 0 Å². The predicted octanol–water partition coefficient (Wildman–Crippen LogP) is -5.22. The Balaban J connectivity index is 0. The van der Waals surface area contributed by atoms with Gasteiger partial charge in [0.25, 0.3) is 0 Å². The van der Waals surface area contributed by atoms with Gasteiger partial charge in [-0.2, -0.15) is 0 Å². The van der Waals surface area contributed by atoms with Crippen molar-refractivity contribution in [2.24, 2.45) is 5.73 Å². The summed E-state index contributed by atoms with van der Waals surface area (Å²) in [6.07, 6.45) is 1.29. The first-order valence-electron chi connectivity index (χ1n) is 1.81. The van der Waals surface area contributed by atoms with Crippen LogP contribution < -0.4 is 62.2 Å². The first kappa shape index (κ1) is 12.0. The van der Waals surface area contributed by atoms with Gasteiger partial charge in [-0.05, 0) is 6.08 Å². The Morgan fingerprint density at radius 3 is 1.89 bits per heavy atom. The molecule has 0 aromatic heterocycles. The van der Waals surface area contributed by atoms with E-state index in [0.29, 0.717) is 6.08 Å². The molecule has 0 radical (unpaired) electrons. The van der Waals surface area contributed by atoms with E-state index in [9.17, 15) is 14.7 Å². The molecule has 0 unspecified atom stereocenters. The predicted molar refractivity (Wildman–Crippen MR) is 23.3 cm³/mol. The molecular weight excluding hydrogens is 149 g/mol. The second-order valence-corrected chi connectivity index (χ2v) is 1.05. The minimum Gasteiger partial charge on any atom is -0.545 e. The number of hydrogen-bond donors (Lipinski definition) is 1. The molecule has 4 nitrogen and oxygen atoms in total. The van der Waals surface area contributed by atoms with Crippen LogP contribution in [0.3, 0.4) is 0 Å². The van der Waals surface area contributed by atoms with Crippen LogP contribution in [-0.2, 0) is 9.59 Å². The molecule has 9 heavy (non-hydrogen) atoms. The molecule has 1 amide bonds. The summed E-state index contributed by atoms with van der Waals surface area (Å²) in [5.74, 6) is -2.22. The summed E-state index contributed by atoms with van der Waals surface area (Å²) in [7, 11) is 0. The van der Waals surface area contributed by atoms with Crippen molar-refractivity contribution in [1.82, 2.24) is 0 Å². The largest absolute Gasteiger partial charge is 1.00 e. The van der Waals surface area contributed by atoms with Crippen LogP contribution in [0.25, 0.3) is 0 Å². The average molecular weight is 153 g/mol. The summed E-state index contributed by atoms with van der Waals surface area (Å²) in [5.41, 5.74) is 4.52. The van der Waals surface area contributed by atoms with Crippen LogP contribution in [0.1, 0.15) is 0 Å². The van der Waals surface area contributed by atoms with Crippen LogP contribution in [-0.4, -0.2) is 11.9 Å². The molecule has 0 fully saturated rings. The van der Waals surface area contributed by atoms with Crippen LogP contribution >= 0.6 is 0 Å². The third-order valence-corrected chi connectivity index (χ3v) is 0.384. The fraction of sp³-hybridized carbons (Fsp3) is 0. The zero-order chi connectivity index (χ0) is 6.57. The maximum Gasteiger partial charge on any atom is 1.00 e. The number of hydrogen-bond acceptors (Lipinski definition) is 3. The summed E-state index contributed by atoms with van der Waals surface area (Å²) < 4.78 is 0. The van der Waals surface area contributed by atoms with E-state index in [1.165, 1.54) is 0 Å². The Bertz CT molecular complexity index is 127. The van der Waals surface area contributed by atoms with E-state index in [2.05, 4.69) is 5.73 Å². The van der Waals surface area contributed by atoms with E-state index in [0.717, 1.165) is 6.08 Å². The van der Waals surface area contributed by atoms with Crippen LogP contribution in [0, 0.1) is 0 Å². The van der Waals surface area contributed by atoms with Gasteiger partial charge >= 0.3 is 51.4 Å². The van der Waals surface area contributed by atoms with Crippen molar-refractivity contribution >= 4 is 11.9 Å². The number of carboxylic acids is 1. The first-order chi connectivity index (χ1) is 3.63. The van der Waals surface area contributed by atoms with Crippen LogP contribution in [0.15, 0.2) is 12.2 Å². The van der Waals surface area contributed by atoms with Crippen molar-refractivity contribution in [3.63, 3.8) is 0 Å². The van der Waals surface area contributed by atoms with E-state index in [1.807, 2.05) is 0 Å². The Morgan fingerprint density at radius 1 is 1.33 bits per heavy atom. The number of aliphatic carboxylic acids is 1. The molecule has 0 aliphatic heterocycles. The molecule has 0 aromatic rings. The third kappa shape index (κ3) is 11.7. The normalized spacial score (nSPS) is 8.44. The summed E-state index contributed by atoms with van der Waals surface area (Å²) in [4.78, 5) is 19.2. The summed E-state index contributed by atoms with van der Waals surface area (Å²) >= 11 is 0. The summed E-state index contributed by atoms with van der Waals surface area (Å²) in [5, 5.41) is 9.50. The van der Waals surface area contributed by atoms with Gasteiger partial charge in [0.2, 0.25) is 5.91 Å². The molecule has 0 atom stereocenters. The zero-order valence-corrected chi connectivity index (χ0v) is 8.08. The Hall–Kier alpha value is 0.316. The van der Waals surface area contributed by atoms with Crippen LogP contribution in [0.5, 0.6) is 0 Å². The maximum atomic E-state index is 9.75. The molecule has 0 rings (SSSR count). The minimum atomic E-state index is -1.43. The van der Waals surface area contributed by atoms with Crippen molar-refractivity contribution in [2.75, 3.05) is 0 Å². The van der Waals surface area contributed by atoms with E-state index in [-0.39, 0.29) is 51.4 Å². The zero-order valence-electron chi connectivity index (χ0n) is 4.96. The van der Waals surface area contributed by atoms with Crippen LogP contribution in [0.4, 0.5) is 0 Å². The molecule has 0 aliphatic rings. The number of nitrogens with two attached hydrogens (primary N) is 1. The monoisotopic (exact) mass is 153 g/mol. The Labute approximate surface area is 94.5 Å². The molecule has 2 N–H and O–H groups in total. The average Bonchev–Trinajstić information content (AvgIpc) is 1.61. The number of carbonyl (C=O) groups excluding carboxylic acids is 2. The van der Waals surface area contributed by atoms with E-state index in [4.69, 9.17) is 0 Å². The van der Waals surface area contributed by atoms with Gasteiger partial charge < -0.3 is 15.6 Å². The van der Waals surface area contributed by atoms with Gasteiger partial charge in [-0.3, -0.25) is 4.79 Å². The van der Waals surface area contributed by atoms with Gasteiger partial charge in [0.05, 0.1) is 5.97 Å². The maximum absolute atomic E-state index is 9.75. The number of rotatable bonds is 2. The Kier molecular flexibility index (Phi) is 8.61. The smallest absolute Gasteiger partial charge is 0.545 e. The summed E-state index contributed by atoms with van der Waals surface area (Å²) in [6.45, 7) is 0. The molecule has 0 heterocycles. The van der Waals surface area contributed by atoms with Crippen molar-refractivity contribution in [3.8, 4) is 0 Å². The Morgan fingerprint density at radius 2 is 1.78 bits per heavy atom. The van der Waals surface area contributed by atoms with Gasteiger partial charge in [-0.25, -0.2) is 0 Å². The number of carbonyl (C=O) groups is 2. The topological polar surface area (TPSA) is 83.2 Å². The minimum absolute atomic E-state index is 0. The van der Waals surface area contributed by atoms with Gasteiger partial charge in [-0.1, -0.05) is 0 Å². The van der Waals surface area contributed by atoms with Gasteiger partial charge in [0.1, 0.15) is 0 Å². The molecule has 0 bridgehead atoms. The molecular formula is C4H4KNO3. The molecule has 0 aliphatic carbocycles. The molecule has 0 spiro atoms. The van der Waals surface area contributed by atoms with Crippen molar-refractivity contribution in [3.05, 3.63) is 12.2 Å². The number of amides is 1. The quantitative estimate of drug-likeness (QED) is 0.318. The summed E-state index contributed by atoms with van der Waals surface area (Å²) in [6, 6.07) is 0. The molecule has 0 saturated carbocycles. The molecule has 44 valence electrons. The van der Waals surface area contributed by atoms with Gasteiger partial charge in [-0.15, -0.1) is 0 Å². The SMILES string of the molecule is NC(=O)C=CC(=O)[O-].[K+]. The first-order valence-corrected chi connectivity index (χ1v) is 1.81. The van der Waals surface area contributed by atoms with Crippen LogP contribution in [0.2, 0.25) is 0 Å². The standard InChI is InChI=1S/C4H5NO3.K/c5-3(6)1-2-4(7)8;/h1-2H,(H2,5,6)(H,7,8);/q;+1/p-1. The molecule has 5 heteroatoms. The van der Waals surface area contributed by atoms with Crippen molar-refractivity contribution in [2.45, 2.75) is 0 Å². The molecule has 0 saturated heterocycles. The van der Waals surface area contributed by atoms with Gasteiger partial charge in [0.15, 0.2) is 0 Å². The second-order valence-electron chi connectivity index (χ2n) is 1.05. The number of carboxylic acid groups (broad SMARTS) is 1. The van der Waals surface area contributed by atoms with Crippen molar-refractivity contribution in [1.29, 1.82) is 0 Å². The van der Waals surface area contributed by atoms with E-state index >= 15 is 0 Å². The van der Waals surface area contributed by atoms with E-state index < -0.39 is 11.9 Å². The fourth-order valence-electron chi connectivity index (χ4n) is 0.150. The third-order valence-electron chi connectivity index (χ3n) is 0.384. The number of primary amides is 1. The second kappa shape index (κ2) is 6.44. The molecule has 0 aromatic carbocycles. The van der Waals surface area contributed by atoms with Crippen molar-refractivity contribution < 1.29 is 66.1 Å².